The number of nitrogens with two attached hydrogens (primary N) is 1. The Hall–Kier alpha value is -1.26. The molecule has 4 heteroatoms. The maximum Gasteiger partial charge on any atom is 0.142 e. The highest BCUT2D eigenvalue weighted by Crippen LogP contribution is 2.22. The number of benzene rings is 1. The van der Waals surface area contributed by atoms with Crippen LogP contribution in [0.5, 0.6) is 5.75 Å². The van der Waals surface area contributed by atoms with Crippen LogP contribution in [0.4, 0.5) is 5.69 Å². The summed E-state index contributed by atoms with van der Waals surface area (Å²) in [6.45, 7) is 12.7. The summed E-state index contributed by atoms with van der Waals surface area (Å²) in [6.07, 6.45) is 3.41. The van der Waals surface area contributed by atoms with Gasteiger partial charge in [-0.1, -0.05) is 19.9 Å². The van der Waals surface area contributed by atoms with Crippen molar-refractivity contribution in [3.63, 3.8) is 0 Å². The van der Waals surface area contributed by atoms with Gasteiger partial charge in [-0.15, -0.1) is 0 Å². The van der Waals surface area contributed by atoms with Gasteiger partial charge in [0, 0.05) is 0 Å². The molecule has 126 valence electrons. The van der Waals surface area contributed by atoms with Gasteiger partial charge in [-0.25, -0.2) is 0 Å². The molecule has 0 aliphatic heterocycles. The first-order chi connectivity index (χ1) is 10.7. The summed E-state index contributed by atoms with van der Waals surface area (Å²) in [7, 11) is 0. The highest BCUT2D eigenvalue weighted by Gasteiger charge is 2.02. The molecule has 0 bridgehead atoms. The molecule has 0 aromatic heterocycles. The number of hydrogen-bond acceptors (Lipinski definition) is 4. The van der Waals surface area contributed by atoms with Crippen molar-refractivity contribution < 1.29 is 4.74 Å². The number of nitrogen functional groups attached to an aromatic ring is 1. The van der Waals surface area contributed by atoms with Crippen molar-refractivity contribution in [2.45, 2.75) is 40.0 Å². The van der Waals surface area contributed by atoms with Crippen LogP contribution in [0.2, 0.25) is 0 Å². The Morgan fingerprint density at radius 1 is 1.09 bits per heavy atom. The average Bonchev–Trinajstić information content (AvgIpc) is 2.53. The number of rotatable bonds is 12. The molecule has 1 aromatic rings. The van der Waals surface area contributed by atoms with Crippen LogP contribution >= 0.6 is 0 Å². The van der Waals surface area contributed by atoms with Gasteiger partial charge in [-0.2, -0.15) is 0 Å². The second-order valence-corrected chi connectivity index (χ2v) is 5.54. The standard InChI is InChI=1S/C18H33N3O/c1-4-21(5-2)14-8-13-20-12-7-9-16-10-11-18(22-6-3)17(19)15-16/h10-11,15,20H,4-9,12-14,19H2,1-3H3. The van der Waals surface area contributed by atoms with Crippen molar-refractivity contribution in [2.75, 3.05) is 45.1 Å². The van der Waals surface area contributed by atoms with Crippen LogP contribution in [0.25, 0.3) is 0 Å². The second-order valence-electron chi connectivity index (χ2n) is 5.54. The van der Waals surface area contributed by atoms with Crippen LogP contribution in [-0.2, 0) is 6.42 Å². The topological polar surface area (TPSA) is 50.5 Å². The van der Waals surface area contributed by atoms with Crippen LogP contribution in [0.15, 0.2) is 18.2 Å². The molecule has 0 aliphatic rings. The van der Waals surface area contributed by atoms with E-state index in [4.69, 9.17) is 10.5 Å². The first kappa shape index (κ1) is 18.8. The van der Waals surface area contributed by atoms with E-state index in [1.807, 2.05) is 19.1 Å². The Balaban J connectivity index is 2.13. The Kier molecular flexibility index (Phi) is 9.67. The highest BCUT2D eigenvalue weighted by atomic mass is 16.5. The molecule has 1 aromatic carbocycles. The van der Waals surface area contributed by atoms with Crippen LogP contribution in [0.3, 0.4) is 0 Å². The molecular formula is C18H33N3O. The number of ether oxygens (including phenoxy) is 1. The normalized spacial score (nSPS) is 11.1. The molecule has 1 rings (SSSR count). The summed E-state index contributed by atoms with van der Waals surface area (Å²) in [6, 6.07) is 6.12. The minimum absolute atomic E-state index is 0.654. The van der Waals surface area contributed by atoms with Crippen molar-refractivity contribution >= 4 is 5.69 Å². The van der Waals surface area contributed by atoms with E-state index in [1.165, 1.54) is 18.5 Å². The zero-order valence-corrected chi connectivity index (χ0v) is 14.5. The highest BCUT2D eigenvalue weighted by molar-refractivity contribution is 5.54. The van der Waals surface area contributed by atoms with Crippen molar-refractivity contribution in [2.24, 2.45) is 0 Å². The van der Waals surface area contributed by atoms with E-state index in [0.29, 0.717) is 6.61 Å². The van der Waals surface area contributed by atoms with Gasteiger partial charge >= 0.3 is 0 Å². The third-order valence-electron chi connectivity index (χ3n) is 3.92. The van der Waals surface area contributed by atoms with Gasteiger partial charge in [0.1, 0.15) is 5.75 Å². The molecule has 0 fully saturated rings. The Morgan fingerprint density at radius 3 is 2.45 bits per heavy atom. The molecule has 0 amide bonds. The number of hydrogen-bond donors (Lipinski definition) is 2. The lowest BCUT2D eigenvalue weighted by molar-refractivity contribution is 0.298. The molecule has 0 atom stereocenters. The minimum Gasteiger partial charge on any atom is -0.492 e. The van der Waals surface area contributed by atoms with Gasteiger partial charge in [0.15, 0.2) is 0 Å². The van der Waals surface area contributed by atoms with Gasteiger partial charge in [0.05, 0.1) is 12.3 Å². The molecule has 0 aliphatic carbocycles. The molecule has 0 radical (unpaired) electrons. The van der Waals surface area contributed by atoms with Gasteiger partial charge in [-0.3, -0.25) is 0 Å². The molecule has 0 saturated heterocycles. The third-order valence-corrected chi connectivity index (χ3v) is 3.92. The molecule has 0 heterocycles. The molecule has 3 N–H and O–H groups in total. The van der Waals surface area contributed by atoms with E-state index in [2.05, 4.69) is 30.1 Å². The average molecular weight is 307 g/mol. The maximum absolute atomic E-state index is 5.99. The van der Waals surface area contributed by atoms with E-state index < -0.39 is 0 Å². The lowest BCUT2D eigenvalue weighted by Crippen LogP contribution is -2.27. The summed E-state index contributed by atoms with van der Waals surface area (Å²) >= 11 is 0. The van der Waals surface area contributed by atoms with Crippen LogP contribution in [-0.4, -0.2) is 44.2 Å². The number of nitrogens with one attached hydrogen (secondary N) is 1. The third kappa shape index (κ3) is 7.14. The number of nitrogens with zero attached hydrogens (tertiary/aromatic N) is 1. The summed E-state index contributed by atoms with van der Waals surface area (Å²) in [5.74, 6) is 0.792. The van der Waals surface area contributed by atoms with Crippen molar-refractivity contribution in [1.29, 1.82) is 0 Å². The zero-order valence-electron chi connectivity index (χ0n) is 14.5. The fourth-order valence-corrected chi connectivity index (χ4v) is 2.55. The molecule has 0 unspecified atom stereocenters. The van der Waals surface area contributed by atoms with Crippen LogP contribution in [0, 0.1) is 0 Å². The van der Waals surface area contributed by atoms with Crippen molar-refractivity contribution in [3.8, 4) is 5.75 Å². The van der Waals surface area contributed by atoms with Crippen molar-refractivity contribution in [1.82, 2.24) is 10.2 Å². The Morgan fingerprint density at radius 2 is 1.82 bits per heavy atom. The van der Waals surface area contributed by atoms with Crippen molar-refractivity contribution in [3.05, 3.63) is 23.8 Å². The van der Waals surface area contributed by atoms with Gasteiger partial charge in [0.25, 0.3) is 0 Å². The molecule has 4 nitrogen and oxygen atoms in total. The van der Waals surface area contributed by atoms with E-state index >= 15 is 0 Å². The smallest absolute Gasteiger partial charge is 0.142 e. The fraction of sp³-hybridized carbons (Fsp3) is 0.667. The first-order valence-corrected chi connectivity index (χ1v) is 8.65. The summed E-state index contributed by atoms with van der Waals surface area (Å²) < 4.78 is 5.46. The predicted octanol–water partition coefficient (Wildman–Crippen LogP) is 2.92. The SMILES string of the molecule is CCOc1ccc(CCCNCCCN(CC)CC)cc1N. The first-order valence-electron chi connectivity index (χ1n) is 8.65. The van der Waals surface area contributed by atoms with Gasteiger partial charge in [-0.05, 0) is 76.6 Å². The molecule has 22 heavy (non-hydrogen) atoms. The van der Waals surface area contributed by atoms with Crippen LogP contribution in [0.1, 0.15) is 39.2 Å². The van der Waals surface area contributed by atoms with Gasteiger partial charge < -0.3 is 20.7 Å². The molecule has 0 saturated carbocycles. The Bertz CT molecular complexity index is 405. The summed E-state index contributed by atoms with van der Waals surface area (Å²) in [4.78, 5) is 2.46. The monoisotopic (exact) mass is 307 g/mol. The number of anilines is 1. The van der Waals surface area contributed by atoms with E-state index in [1.54, 1.807) is 0 Å². The van der Waals surface area contributed by atoms with E-state index in [-0.39, 0.29) is 0 Å². The lowest BCUT2D eigenvalue weighted by Gasteiger charge is -2.17. The fourth-order valence-electron chi connectivity index (χ4n) is 2.55. The molecule has 0 spiro atoms. The lowest BCUT2D eigenvalue weighted by atomic mass is 10.1. The second kappa shape index (κ2) is 11.3. The van der Waals surface area contributed by atoms with Crippen LogP contribution < -0.4 is 15.8 Å². The quantitative estimate of drug-likeness (QED) is 0.460. The number of aryl methyl sites for hydroxylation is 1. The van der Waals surface area contributed by atoms with E-state index in [0.717, 1.165) is 50.5 Å². The van der Waals surface area contributed by atoms with E-state index in [9.17, 15) is 0 Å². The molecular weight excluding hydrogens is 274 g/mol. The maximum atomic E-state index is 5.99. The Labute approximate surface area is 136 Å². The largest absolute Gasteiger partial charge is 0.492 e. The van der Waals surface area contributed by atoms with Gasteiger partial charge in [0.2, 0.25) is 0 Å². The summed E-state index contributed by atoms with van der Waals surface area (Å²) in [5.41, 5.74) is 8.01. The summed E-state index contributed by atoms with van der Waals surface area (Å²) in [5, 5.41) is 3.52. The zero-order chi connectivity index (χ0) is 16.2. The predicted molar refractivity (Wildman–Crippen MR) is 95.6 cm³/mol. The minimum atomic E-state index is 0.654.